The van der Waals surface area contributed by atoms with Crippen LogP contribution in [0.5, 0.6) is 0 Å². The minimum absolute atomic E-state index is 0.0610. The molecule has 0 saturated carbocycles. The molecule has 2 aromatic rings. The average molecular weight is 497 g/mol. The van der Waals surface area contributed by atoms with Crippen LogP contribution in [-0.4, -0.2) is 40.2 Å². The third-order valence-electron chi connectivity index (χ3n) is 5.19. The Kier molecular flexibility index (Phi) is 8.28. The summed E-state index contributed by atoms with van der Waals surface area (Å²) in [5.41, 5.74) is 3.18. The Hall–Kier alpha value is -2.97. The van der Waals surface area contributed by atoms with E-state index in [4.69, 9.17) is 17.0 Å². The highest BCUT2D eigenvalue weighted by atomic mass is 32.2. The van der Waals surface area contributed by atoms with E-state index in [1.165, 1.54) is 22.2 Å². The third kappa shape index (κ3) is 6.55. The molecular weight excluding hydrogens is 468 g/mol. The summed E-state index contributed by atoms with van der Waals surface area (Å²) in [7, 11) is 0. The van der Waals surface area contributed by atoms with E-state index in [1.54, 1.807) is 31.2 Å². The smallest absolute Gasteiger partial charge is 0.338 e. The molecule has 8 heteroatoms. The fourth-order valence-corrected chi connectivity index (χ4v) is 4.57. The molecule has 0 unspecified atom stereocenters. The van der Waals surface area contributed by atoms with Crippen LogP contribution in [0.4, 0.5) is 5.69 Å². The van der Waals surface area contributed by atoms with Crippen LogP contribution in [0.3, 0.4) is 0 Å². The maximum atomic E-state index is 12.8. The van der Waals surface area contributed by atoms with Crippen molar-refractivity contribution >= 4 is 57.8 Å². The van der Waals surface area contributed by atoms with E-state index < -0.39 is 5.97 Å². The van der Waals surface area contributed by atoms with Gasteiger partial charge in [0, 0.05) is 18.7 Å². The van der Waals surface area contributed by atoms with Gasteiger partial charge < -0.3 is 10.1 Å². The zero-order valence-electron chi connectivity index (χ0n) is 19.7. The van der Waals surface area contributed by atoms with Crippen molar-refractivity contribution < 1.29 is 19.1 Å². The molecule has 0 atom stereocenters. The van der Waals surface area contributed by atoms with Crippen LogP contribution in [-0.2, 0) is 19.7 Å². The lowest BCUT2D eigenvalue weighted by Gasteiger charge is -2.18. The molecule has 1 N–H and O–H groups in total. The van der Waals surface area contributed by atoms with Crippen molar-refractivity contribution in [3.63, 3.8) is 0 Å². The molecule has 0 bridgehead atoms. The van der Waals surface area contributed by atoms with Crippen molar-refractivity contribution in [2.45, 2.75) is 39.5 Å². The number of thioether (sulfide) groups is 1. The van der Waals surface area contributed by atoms with Crippen molar-refractivity contribution in [1.82, 2.24) is 4.90 Å². The lowest BCUT2D eigenvalue weighted by molar-refractivity contribution is -0.122. The first kappa shape index (κ1) is 25.6. The molecular formula is C26H28N2O4S2. The molecule has 0 aliphatic carbocycles. The van der Waals surface area contributed by atoms with Crippen LogP contribution in [0.2, 0.25) is 0 Å². The second kappa shape index (κ2) is 11.0. The number of hydrogen-bond acceptors (Lipinski definition) is 6. The highest BCUT2D eigenvalue weighted by Gasteiger charge is 2.32. The van der Waals surface area contributed by atoms with Gasteiger partial charge in [0.05, 0.1) is 17.1 Å². The summed E-state index contributed by atoms with van der Waals surface area (Å²) in [4.78, 5) is 39.0. The summed E-state index contributed by atoms with van der Waals surface area (Å²) < 4.78 is 5.39. The maximum absolute atomic E-state index is 12.8. The van der Waals surface area contributed by atoms with Crippen LogP contribution in [0.1, 0.15) is 55.6 Å². The van der Waals surface area contributed by atoms with Gasteiger partial charge in [0.15, 0.2) is 0 Å². The van der Waals surface area contributed by atoms with Gasteiger partial charge >= 0.3 is 5.97 Å². The highest BCUT2D eigenvalue weighted by molar-refractivity contribution is 8.26. The Labute approximate surface area is 209 Å². The highest BCUT2D eigenvalue weighted by Crippen LogP contribution is 2.33. The van der Waals surface area contributed by atoms with Gasteiger partial charge in [0.25, 0.3) is 5.91 Å². The maximum Gasteiger partial charge on any atom is 0.338 e. The molecule has 1 aliphatic rings. The number of hydrogen-bond donors (Lipinski definition) is 1. The first-order valence-electron chi connectivity index (χ1n) is 11.0. The van der Waals surface area contributed by atoms with Gasteiger partial charge in [-0.3, -0.25) is 14.5 Å². The Balaban J connectivity index is 1.56. The molecule has 0 aromatic heterocycles. The first-order chi connectivity index (χ1) is 16.1. The van der Waals surface area contributed by atoms with Gasteiger partial charge in [-0.25, -0.2) is 4.79 Å². The molecule has 6 nitrogen and oxygen atoms in total. The molecule has 2 aromatic carbocycles. The minimum Gasteiger partial charge on any atom is -0.462 e. The largest absolute Gasteiger partial charge is 0.462 e. The summed E-state index contributed by atoms with van der Waals surface area (Å²) in [6.07, 6.45) is 1.93. The lowest BCUT2D eigenvalue weighted by Crippen LogP contribution is -2.31. The second-order valence-electron chi connectivity index (χ2n) is 8.80. The third-order valence-corrected chi connectivity index (χ3v) is 6.57. The molecule has 1 aliphatic heterocycles. The summed E-state index contributed by atoms with van der Waals surface area (Å²) in [5, 5.41) is 2.77. The van der Waals surface area contributed by atoms with E-state index in [0.29, 0.717) is 27.1 Å². The number of esters is 1. The lowest BCUT2D eigenvalue weighted by atomic mass is 9.87. The number of rotatable bonds is 7. The number of ether oxygens (including phenoxy) is 1. The topological polar surface area (TPSA) is 75.7 Å². The summed E-state index contributed by atoms with van der Waals surface area (Å²) in [5.74, 6) is -0.853. The Morgan fingerprint density at radius 2 is 1.74 bits per heavy atom. The number of amides is 2. The Morgan fingerprint density at radius 1 is 1.09 bits per heavy atom. The van der Waals surface area contributed by atoms with Crippen LogP contribution in [0.15, 0.2) is 53.4 Å². The second-order valence-corrected chi connectivity index (χ2v) is 10.5. The summed E-state index contributed by atoms with van der Waals surface area (Å²) in [6, 6.07) is 14.6. The monoisotopic (exact) mass is 496 g/mol. The fraction of sp³-hybridized carbons (Fsp3) is 0.308. The predicted octanol–water partition coefficient (Wildman–Crippen LogP) is 5.39. The zero-order chi connectivity index (χ0) is 24.9. The van der Waals surface area contributed by atoms with Crippen LogP contribution < -0.4 is 5.32 Å². The predicted molar refractivity (Wildman–Crippen MR) is 141 cm³/mol. The molecule has 3 rings (SSSR count). The number of benzene rings is 2. The zero-order valence-corrected chi connectivity index (χ0v) is 21.3. The van der Waals surface area contributed by atoms with E-state index >= 15 is 0 Å². The van der Waals surface area contributed by atoms with Crippen molar-refractivity contribution in [3.05, 3.63) is 70.1 Å². The minimum atomic E-state index is -0.409. The molecule has 1 fully saturated rings. The average Bonchev–Trinajstić information content (AvgIpc) is 3.05. The van der Waals surface area contributed by atoms with Gasteiger partial charge in [-0.05, 0) is 53.8 Å². The van der Waals surface area contributed by atoms with Crippen LogP contribution in [0.25, 0.3) is 6.08 Å². The van der Waals surface area contributed by atoms with Crippen LogP contribution in [0, 0.1) is 0 Å². The van der Waals surface area contributed by atoms with E-state index in [9.17, 15) is 14.4 Å². The number of nitrogens with one attached hydrogen (secondary N) is 1. The number of carbonyl (C=O) groups is 3. The number of anilines is 1. The van der Waals surface area contributed by atoms with E-state index in [0.717, 1.165) is 5.56 Å². The normalized spacial score (nSPS) is 15.1. The van der Waals surface area contributed by atoms with Crippen molar-refractivity contribution in [1.29, 1.82) is 0 Å². The van der Waals surface area contributed by atoms with Crippen molar-refractivity contribution in [2.75, 3.05) is 18.5 Å². The number of carbonyl (C=O) groups excluding carboxylic acids is 3. The van der Waals surface area contributed by atoms with Crippen molar-refractivity contribution in [3.8, 4) is 0 Å². The van der Waals surface area contributed by atoms with E-state index in [2.05, 4.69) is 38.2 Å². The Bertz CT molecular complexity index is 1120. The first-order valence-corrected chi connectivity index (χ1v) is 12.2. The van der Waals surface area contributed by atoms with E-state index in [1.807, 2.05) is 18.2 Å². The van der Waals surface area contributed by atoms with E-state index in [-0.39, 0.29) is 30.2 Å². The molecule has 0 radical (unpaired) electrons. The van der Waals surface area contributed by atoms with Gasteiger partial charge in [-0.1, -0.05) is 69.0 Å². The van der Waals surface area contributed by atoms with Gasteiger partial charge in [0.2, 0.25) is 5.91 Å². The number of thiocarbonyl (C=S) groups is 1. The quantitative estimate of drug-likeness (QED) is 0.315. The van der Waals surface area contributed by atoms with Crippen molar-refractivity contribution in [2.24, 2.45) is 0 Å². The summed E-state index contributed by atoms with van der Waals surface area (Å²) in [6.45, 7) is 8.70. The Morgan fingerprint density at radius 3 is 2.32 bits per heavy atom. The molecule has 178 valence electrons. The fourth-order valence-electron chi connectivity index (χ4n) is 3.26. The van der Waals surface area contributed by atoms with Gasteiger partial charge in [0.1, 0.15) is 4.32 Å². The van der Waals surface area contributed by atoms with Crippen LogP contribution >= 0.6 is 24.0 Å². The molecule has 1 saturated heterocycles. The molecule has 1 heterocycles. The summed E-state index contributed by atoms with van der Waals surface area (Å²) >= 11 is 6.62. The SMILES string of the molecule is CCOC(=O)c1ccc(NC(=O)CCN2C(=O)/C(=C/c3ccc(C(C)(C)C)cc3)SC2=S)cc1. The molecule has 34 heavy (non-hydrogen) atoms. The number of nitrogens with zero attached hydrogens (tertiary/aromatic N) is 1. The van der Waals surface area contributed by atoms with Gasteiger partial charge in [-0.15, -0.1) is 0 Å². The molecule has 0 spiro atoms. The van der Waals surface area contributed by atoms with Gasteiger partial charge in [-0.2, -0.15) is 0 Å². The molecule has 2 amide bonds. The standard InChI is InChI=1S/C26H28N2O4S2/c1-5-32-24(31)18-8-12-20(13-9-18)27-22(29)14-15-28-23(30)21(34-25(28)33)16-17-6-10-19(11-7-17)26(2,3)4/h6-13,16H,5,14-15H2,1-4H3,(H,27,29)/b21-16-.